The van der Waals surface area contributed by atoms with E-state index in [1.54, 1.807) is 0 Å². The molecule has 0 aromatic rings. The highest BCUT2D eigenvalue weighted by molar-refractivity contribution is 8.01. The lowest BCUT2D eigenvalue weighted by atomic mass is 10.1. The second-order valence-electron chi connectivity index (χ2n) is 6.90. The van der Waals surface area contributed by atoms with E-state index in [0.717, 1.165) is 5.25 Å². The Morgan fingerprint density at radius 1 is 0.941 bits per heavy atom. The molecule has 1 N–H and O–H groups in total. The summed E-state index contributed by atoms with van der Waals surface area (Å²) in [5.74, 6) is 2.40. The minimum Gasteiger partial charge on any atom is -0.308 e. The van der Waals surface area contributed by atoms with Gasteiger partial charge in [-0.2, -0.15) is 23.5 Å². The largest absolute Gasteiger partial charge is 0.308 e. The SMILES string of the molecule is CC(C)SCC(CSC(C)(C)C)NC(C)(C)C. The van der Waals surface area contributed by atoms with E-state index < -0.39 is 0 Å². The van der Waals surface area contributed by atoms with E-state index in [4.69, 9.17) is 0 Å². The summed E-state index contributed by atoms with van der Waals surface area (Å²) in [6.45, 7) is 18.2. The fourth-order valence-electron chi connectivity index (χ4n) is 1.40. The normalized spacial score (nSPS) is 15.4. The lowest BCUT2D eigenvalue weighted by Crippen LogP contribution is -2.46. The minimum atomic E-state index is 0.209. The van der Waals surface area contributed by atoms with Crippen molar-refractivity contribution in [3.8, 4) is 0 Å². The van der Waals surface area contributed by atoms with Crippen LogP contribution in [0.4, 0.5) is 0 Å². The van der Waals surface area contributed by atoms with Gasteiger partial charge in [0.05, 0.1) is 0 Å². The van der Waals surface area contributed by atoms with Gasteiger partial charge in [-0.1, -0.05) is 34.6 Å². The van der Waals surface area contributed by atoms with Crippen molar-refractivity contribution >= 4 is 23.5 Å². The highest BCUT2D eigenvalue weighted by atomic mass is 32.2. The van der Waals surface area contributed by atoms with Crippen LogP contribution in [0.25, 0.3) is 0 Å². The van der Waals surface area contributed by atoms with Crippen LogP contribution in [0.1, 0.15) is 55.4 Å². The number of thioether (sulfide) groups is 2. The van der Waals surface area contributed by atoms with Gasteiger partial charge < -0.3 is 5.32 Å². The zero-order valence-electron chi connectivity index (χ0n) is 12.9. The predicted molar refractivity (Wildman–Crippen MR) is 86.5 cm³/mol. The van der Waals surface area contributed by atoms with Gasteiger partial charge in [0.25, 0.3) is 0 Å². The molecule has 0 heterocycles. The van der Waals surface area contributed by atoms with Gasteiger partial charge in [0.1, 0.15) is 0 Å². The summed E-state index contributed by atoms with van der Waals surface area (Å²) in [5, 5.41) is 4.46. The van der Waals surface area contributed by atoms with Gasteiger partial charge in [0, 0.05) is 27.8 Å². The third-order valence-electron chi connectivity index (χ3n) is 1.99. The first-order valence-corrected chi connectivity index (χ1v) is 8.56. The van der Waals surface area contributed by atoms with Crippen molar-refractivity contribution in [1.29, 1.82) is 0 Å². The molecule has 3 heteroatoms. The van der Waals surface area contributed by atoms with E-state index in [-0.39, 0.29) is 5.54 Å². The number of hydrogen-bond acceptors (Lipinski definition) is 3. The molecule has 0 aromatic heterocycles. The average molecular weight is 278 g/mol. The summed E-state index contributed by atoms with van der Waals surface area (Å²) in [7, 11) is 0. The van der Waals surface area contributed by atoms with Crippen LogP contribution in [0.15, 0.2) is 0 Å². The maximum Gasteiger partial charge on any atom is 0.0253 e. The maximum atomic E-state index is 3.74. The smallest absolute Gasteiger partial charge is 0.0253 e. The molecule has 104 valence electrons. The topological polar surface area (TPSA) is 12.0 Å². The Bertz CT molecular complexity index is 201. The molecule has 0 aliphatic carbocycles. The molecule has 0 bridgehead atoms. The van der Waals surface area contributed by atoms with Crippen molar-refractivity contribution in [2.45, 2.75) is 77.0 Å². The van der Waals surface area contributed by atoms with Gasteiger partial charge in [0.2, 0.25) is 0 Å². The standard InChI is InChI=1S/C14H31NS2/c1-11(2)16-9-12(15-13(3,4)5)10-17-14(6,7)8/h11-12,15H,9-10H2,1-8H3. The Kier molecular flexibility index (Phi) is 7.58. The Morgan fingerprint density at radius 3 is 1.82 bits per heavy atom. The quantitative estimate of drug-likeness (QED) is 0.772. The van der Waals surface area contributed by atoms with Crippen LogP contribution in [0.3, 0.4) is 0 Å². The molecule has 0 aromatic carbocycles. The third-order valence-corrected chi connectivity index (χ3v) is 4.68. The summed E-state index contributed by atoms with van der Waals surface area (Å²) in [4.78, 5) is 0. The average Bonchev–Trinajstić information content (AvgIpc) is 2.06. The van der Waals surface area contributed by atoms with Crippen LogP contribution in [0.2, 0.25) is 0 Å². The molecule has 1 unspecified atom stereocenters. The first-order valence-electron chi connectivity index (χ1n) is 6.53. The van der Waals surface area contributed by atoms with Crippen molar-refractivity contribution in [2.75, 3.05) is 11.5 Å². The molecular weight excluding hydrogens is 246 g/mol. The van der Waals surface area contributed by atoms with E-state index in [0.29, 0.717) is 10.8 Å². The second kappa shape index (κ2) is 7.30. The van der Waals surface area contributed by atoms with Crippen molar-refractivity contribution in [3.05, 3.63) is 0 Å². The van der Waals surface area contributed by atoms with E-state index in [2.05, 4.69) is 84.2 Å². The second-order valence-corrected chi connectivity index (χ2v) is 10.4. The Balaban J connectivity index is 4.21. The fraction of sp³-hybridized carbons (Fsp3) is 1.00. The van der Waals surface area contributed by atoms with Gasteiger partial charge in [-0.15, -0.1) is 0 Å². The van der Waals surface area contributed by atoms with Crippen LogP contribution < -0.4 is 5.32 Å². The molecule has 0 radical (unpaired) electrons. The molecule has 0 rings (SSSR count). The van der Waals surface area contributed by atoms with Crippen molar-refractivity contribution in [3.63, 3.8) is 0 Å². The van der Waals surface area contributed by atoms with Gasteiger partial charge >= 0.3 is 0 Å². The molecule has 0 aliphatic rings. The summed E-state index contributed by atoms with van der Waals surface area (Å²) in [6.07, 6.45) is 0. The summed E-state index contributed by atoms with van der Waals surface area (Å²) in [6, 6.07) is 0.603. The number of hydrogen-bond donors (Lipinski definition) is 1. The van der Waals surface area contributed by atoms with E-state index in [1.165, 1.54) is 11.5 Å². The van der Waals surface area contributed by atoms with Crippen molar-refractivity contribution in [1.82, 2.24) is 5.32 Å². The van der Waals surface area contributed by atoms with E-state index in [1.807, 2.05) is 0 Å². The molecule has 0 fully saturated rings. The molecule has 0 amide bonds. The lowest BCUT2D eigenvalue weighted by Gasteiger charge is -2.30. The molecule has 17 heavy (non-hydrogen) atoms. The lowest BCUT2D eigenvalue weighted by molar-refractivity contribution is 0.392. The van der Waals surface area contributed by atoms with Gasteiger partial charge in [-0.3, -0.25) is 0 Å². The third kappa shape index (κ3) is 12.9. The Labute approximate surface area is 117 Å². The monoisotopic (exact) mass is 277 g/mol. The Morgan fingerprint density at radius 2 is 1.47 bits per heavy atom. The summed E-state index contributed by atoms with van der Waals surface area (Å²) in [5.41, 5.74) is 0.209. The first kappa shape index (κ1) is 17.7. The van der Waals surface area contributed by atoms with E-state index >= 15 is 0 Å². The van der Waals surface area contributed by atoms with Gasteiger partial charge in [-0.05, 0) is 26.0 Å². The molecular formula is C14H31NS2. The van der Waals surface area contributed by atoms with Crippen LogP contribution in [-0.2, 0) is 0 Å². The molecule has 0 spiro atoms. The van der Waals surface area contributed by atoms with Gasteiger partial charge in [0.15, 0.2) is 0 Å². The van der Waals surface area contributed by atoms with Crippen molar-refractivity contribution in [2.24, 2.45) is 0 Å². The first-order chi connectivity index (χ1) is 7.49. The summed E-state index contributed by atoms with van der Waals surface area (Å²) < 4.78 is 0.361. The highest BCUT2D eigenvalue weighted by Gasteiger charge is 2.20. The minimum absolute atomic E-state index is 0.209. The van der Waals surface area contributed by atoms with Gasteiger partial charge in [-0.25, -0.2) is 0 Å². The van der Waals surface area contributed by atoms with Crippen LogP contribution in [0.5, 0.6) is 0 Å². The number of nitrogens with one attached hydrogen (secondary N) is 1. The molecule has 1 atom stereocenters. The van der Waals surface area contributed by atoms with Crippen LogP contribution >= 0.6 is 23.5 Å². The highest BCUT2D eigenvalue weighted by Crippen LogP contribution is 2.25. The Hall–Kier alpha value is 0.660. The van der Waals surface area contributed by atoms with E-state index in [9.17, 15) is 0 Å². The van der Waals surface area contributed by atoms with Crippen LogP contribution in [-0.4, -0.2) is 33.1 Å². The molecule has 0 saturated carbocycles. The number of rotatable bonds is 6. The predicted octanol–water partition coefficient (Wildman–Crippen LogP) is 4.42. The van der Waals surface area contributed by atoms with Crippen molar-refractivity contribution < 1.29 is 0 Å². The maximum absolute atomic E-state index is 3.74. The molecule has 0 saturated heterocycles. The summed E-state index contributed by atoms with van der Waals surface area (Å²) >= 11 is 4.11. The molecule has 0 aliphatic heterocycles. The zero-order valence-corrected chi connectivity index (χ0v) is 14.5. The fourth-order valence-corrected chi connectivity index (χ4v) is 3.27. The zero-order chi connectivity index (χ0) is 13.7. The molecule has 1 nitrogen and oxygen atoms in total. The van der Waals surface area contributed by atoms with Crippen LogP contribution in [0, 0.1) is 0 Å².